The van der Waals surface area contributed by atoms with Crippen LogP contribution < -0.4 is 10.2 Å². The van der Waals surface area contributed by atoms with E-state index in [-0.39, 0.29) is 5.11 Å². The van der Waals surface area contributed by atoms with E-state index in [2.05, 4.69) is 10.3 Å². The van der Waals surface area contributed by atoms with E-state index in [1.54, 1.807) is 37.3 Å². The SMILES string of the molecule is COC(=O)c1ccc(N=C[C@@H]2C(=O)NC(=S)N(c3ccc(C)cc3)C2=O)c(C)c1. The van der Waals surface area contributed by atoms with E-state index in [4.69, 9.17) is 17.0 Å². The van der Waals surface area contributed by atoms with Gasteiger partial charge in [-0.25, -0.2) is 4.79 Å². The van der Waals surface area contributed by atoms with Crippen LogP contribution in [0.25, 0.3) is 0 Å². The number of carbonyl (C=O) groups excluding carboxylic acids is 3. The molecule has 1 aliphatic rings. The lowest BCUT2D eigenvalue weighted by molar-refractivity contribution is -0.130. The Labute approximate surface area is 173 Å². The van der Waals surface area contributed by atoms with Gasteiger partial charge in [0.1, 0.15) is 0 Å². The third-order valence-corrected chi connectivity index (χ3v) is 4.76. The highest BCUT2D eigenvalue weighted by molar-refractivity contribution is 7.80. The fourth-order valence-electron chi connectivity index (χ4n) is 2.86. The minimum atomic E-state index is -1.12. The third-order valence-electron chi connectivity index (χ3n) is 4.47. The van der Waals surface area contributed by atoms with E-state index in [9.17, 15) is 14.4 Å². The van der Waals surface area contributed by atoms with Gasteiger partial charge in [0.2, 0.25) is 5.91 Å². The summed E-state index contributed by atoms with van der Waals surface area (Å²) < 4.78 is 4.69. The van der Waals surface area contributed by atoms with Crippen LogP contribution in [0.5, 0.6) is 0 Å². The number of nitrogens with zero attached hydrogens (tertiary/aromatic N) is 2. The van der Waals surface area contributed by atoms with Gasteiger partial charge in [-0.3, -0.25) is 19.5 Å². The highest BCUT2D eigenvalue weighted by atomic mass is 32.1. The van der Waals surface area contributed by atoms with Gasteiger partial charge in [-0.1, -0.05) is 17.7 Å². The van der Waals surface area contributed by atoms with Crippen molar-refractivity contribution < 1.29 is 19.1 Å². The summed E-state index contributed by atoms with van der Waals surface area (Å²) in [6.45, 7) is 3.71. The molecule has 8 heteroatoms. The Kier molecular flexibility index (Phi) is 5.84. The summed E-state index contributed by atoms with van der Waals surface area (Å²) >= 11 is 5.18. The standard InChI is InChI=1S/C21H19N3O4S/c1-12-4-7-15(8-5-12)24-19(26)16(18(25)23-21(24)29)11-22-17-9-6-14(10-13(17)2)20(27)28-3/h4-11,16H,1-3H3,(H,23,25,29)/t16-/m1/s1. The van der Waals surface area contributed by atoms with Gasteiger partial charge in [0.05, 0.1) is 24.0 Å². The van der Waals surface area contributed by atoms with Crippen molar-refractivity contribution in [2.45, 2.75) is 13.8 Å². The van der Waals surface area contributed by atoms with Gasteiger partial charge >= 0.3 is 5.97 Å². The van der Waals surface area contributed by atoms with Crippen LogP contribution in [0.2, 0.25) is 0 Å². The van der Waals surface area contributed by atoms with Crippen molar-refractivity contribution in [1.82, 2.24) is 5.32 Å². The van der Waals surface area contributed by atoms with Gasteiger partial charge in [0, 0.05) is 6.21 Å². The van der Waals surface area contributed by atoms with E-state index in [1.807, 2.05) is 19.1 Å². The van der Waals surface area contributed by atoms with E-state index in [0.29, 0.717) is 22.5 Å². The number of aryl methyl sites for hydroxylation is 2. The molecule has 0 aliphatic carbocycles. The van der Waals surface area contributed by atoms with Crippen molar-refractivity contribution in [3.8, 4) is 0 Å². The van der Waals surface area contributed by atoms with Crippen LogP contribution in [0.3, 0.4) is 0 Å². The highest BCUT2D eigenvalue weighted by Gasteiger charge is 2.38. The molecule has 0 unspecified atom stereocenters. The predicted molar refractivity (Wildman–Crippen MR) is 114 cm³/mol. The number of aliphatic imine (C=N–C) groups is 1. The summed E-state index contributed by atoms with van der Waals surface area (Å²) in [5, 5.41) is 2.59. The largest absolute Gasteiger partial charge is 0.465 e. The quantitative estimate of drug-likeness (QED) is 0.363. The molecule has 1 heterocycles. The van der Waals surface area contributed by atoms with Crippen LogP contribution in [0, 0.1) is 19.8 Å². The zero-order chi connectivity index (χ0) is 21.1. The van der Waals surface area contributed by atoms with E-state index in [1.165, 1.54) is 18.2 Å². The number of benzene rings is 2. The molecule has 1 atom stereocenters. The summed E-state index contributed by atoms with van der Waals surface area (Å²) in [5.41, 5.74) is 3.25. The van der Waals surface area contributed by atoms with Crippen LogP contribution in [0.4, 0.5) is 11.4 Å². The Bertz CT molecular complexity index is 1030. The van der Waals surface area contributed by atoms with E-state index >= 15 is 0 Å². The molecule has 2 aromatic rings. The van der Waals surface area contributed by atoms with Crippen LogP contribution in [-0.2, 0) is 14.3 Å². The van der Waals surface area contributed by atoms with Crippen molar-refractivity contribution in [3.63, 3.8) is 0 Å². The topological polar surface area (TPSA) is 88.1 Å². The number of hydrogen-bond acceptors (Lipinski definition) is 6. The molecular weight excluding hydrogens is 390 g/mol. The number of hydrogen-bond donors (Lipinski definition) is 1. The minimum Gasteiger partial charge on any atom is -0.465 e. The molecule has 29 heavy (non-hydrogen) atoms. The molecule has 0 spiro atoms. The van der Waals surface area contributed by atoms with Gasteiger partial charge in [-0.15, -0.1) is 0 Å². The van der Waals surface area contributed by atoms with Gasteiger partial charge < -0.3 is 10.1 Å². The Balaban J connectivity index is 1.87. The fraction of sp³-hybridized carbons (Fsp3) is 0.190. The predicted octanol–water partition coefficient (Wildman–Crippen LogP) is 2.86. The molecule has 0 saturated carbocycles. The first-order valence-electron chi connectivity index (χ1n) is 8.80. The zero-order valence-electron chi connectivity index (χ0n) is 16.1. The van der Waals surface area contributed by atoms with Crippen molar-refractivity contribution in [2.24, 2.45) is 10.9 Å². The number of methoxy groups -OCH3 is 1. The lowest BCUT2D eigenvalue weighted by atomic mass is 10.1. The number of amides is 2. The molecule has 0 radical (unpaired) electrons. The van der Waals surface area contributed by atoms with Gasteiger partial charge in [0.25, 0.3) is 5.91 Å². The van der Waals surface area contributed by atoms with Crippen molar-refractivity contribution >= 4 is 52.7 Å². The number of carbonyl (C=O) groups is 3. The third kappa shape index (κ3) is 4.22. The Morgan fingerprint density at radius 1 is 1.17 bits per heavy atom. The molecule has 1 saturated heterocycles. The van der Waals surface area contributed by atoms with Crippen molar-refractivity contribution in [3.05, 3.63) is 59.2 Å². The normalized spacial score (nSPS) is 16.9. The second kappa shape index (κ2) is 8.32. The average molecular weight is 409 g/mol. The summed E-state index contributed by atoms with van der Waals surface area (Å²) in [6.07, 6.45) is 1.29. The van der Waals surface area contributed by atoms with Crippen LogP contribution in [0.1, 0.15) is 21.5 Å². The molecule has 1 fully saturated rings. The zero-order valence-corrected chi connectivity index (χ0v) is 16.9. The monoisotopic (exact) mass is 409 g/mol. The van der Waals surface area contributed by atoms with E-state index in [0.717, 1.165) is 5.56 Å². The van der Waals surface area contributed by atoms with Gasteiger partial charge in [0.15, 0.2) is 11.0 Å². The van der Waals surface area contributed by atoms with E-state index < -0.39 is 23.7 Å². The molecular formula is C21H19N3O4S. The summed E-state index contributed by atoms with van der Waals surface area (Å²) in [4.78, 5) is 42.5. The maximum Gasteiger partial charge on any atom is 0.337 e. The summed E-state index contributed by atoms with van der Waals surface area (Å²) in [6, 6.07) is 12.1. The average Bonchev–Trinajstić information content (AvgIpc) is 2.69. The molecule has 2 amide bonds. The number of esters is 1. The Morgan fingerprint density at radius 2 is 1.86 bits per heavy atom. The van der Waals surface area contributed by atoms with Crippen molar-refractivity contribution in [1.29, 1.82) is 0 Å². The maximum atomic E-state index is 12.9. The Hall–Kier alpha value is -3.39. The second-order valence-electron chi connectivity index (χ2n) is 6.55. The molecule has 0 aromatic heterocycles. The van der Waals surface area contributed by atoms with Gasteiger partial charge in [-0.2, -0.15) is 0 Å². The second-order valence-corrected chi connectivity index (χ2v) is 6.94. The number of rotatable bonds is 4. The first-order valence-corrected chi connectivity index (χ1v) is 9.21. The van der Waals surface area contributed by atoms with Gasteiger partial charge in [-0.05, 0) is 62.0 Å². The Morgan fingerprint density at radius 3 is 2.48 bits per heavy atom. The van der Waals surface area contributed by atoms with Crippen molar-refractivity contribution in [2.75, 3.05) is 12.0 Å². The lowest BCUT2D eigenvalue weighted by Crippen LogP contribution is -2.58. The highest BCUT2D eigenvalue weighted by Crippen LogP contribution is 2.23. The smallest absolute Gasteiger partial charge is 0.337 e. The molecule has 0 bridgehead atoms. The lowest BCUT2D eigenvalue weighted by Gasteiger charge is -2.31. The molecule has 2 aromatic carbocycles. The molecule has 1 aliphatic heterocycles. The summed E-state index contributed by atoms with van der Waals surface area (Å²) in [5.74, 6) is -2.58. The molecule has 7 nitrogen and oxygen atoms in total. The van der Waals surface area contributed by atoms with Crippen LogP contribution in [-0.4, -0.2) is 36.2 Å². The van der Waals surface area contributed by atoms with Crippen LogP contribution >= 0.6 is 12.2 Å². The first-order chi connectivity index (χ1) is 13.8. The first kappa shape index (κ1) is 20.3. The number of nitrogens with one attached hydrogen (secondary N) is 1. The molecule has 3 rings (SSSR count). The number of anilines is 1. The number of ether oxygens (including phenoxy) is 1. The number of thiocarbonyl (C=S) groups is 1. The summed E-state index contributed by atoms with van der Waals surface area (Å²) in [7, 11) is 1.31. The molecule has 148 valence electrons. The fourth-order valence-corrected chi connectivity index (χ4v) is 3.16. The minimum absolute atomic E-state index is 0.0344. The maximum absolute atomic E-state index is 12.9. The van der Waals surface area contributed by atoms with Crippen LogP contribution in [0.15, 0.2) is 47.5 Å². The molecule has 1 N–H and O–H groups in total.